The third-order valence-electron chi connectivity index (χ3n) is 6.50. The van der Waals surface area contributed by atoms with Gasteiger partial charge in [0.05, 0.1) is 22.7 Å². The number of halogens is 1. The third kappa shape index (κ3) is 4.78. The van der Waals surface area contributed by atoms with E-state index in [-0.39, 0.29) is 25.6 Å². The normalized spacial score (nSPS) is 17.1. The van der Waals surface area contributed by atoms with Gasteiger partial charge in [-0.3, -0.25) is 14.5 Å². The standard InChI is InChI=1S/C29H23ClN2O5S2/c1-3-18-14-17(2)12-13-22(18)26(33)24-25(19-8-7-9-20(30)15-19)32(28(35)27(24)34)29-31-16-23(38-29)39(36,37)21-10-5-4-6-11-21/h4-16,25,33H,3H2,1-2H3/b26-24+. The number of aryl methyl sites for hydroxylation is 2. The van der Waals surface area contributed by atoms with Crippen LogP contribution in [0.1, 0.15) is 35.2 Å². The number of benzene rings is 3. The summed E-state index contributed by atoms with van der Waals surface area (Å²) in [5.74, 6) is -2.14. The van der Waals surface area contributed by atoms with Crippen LogP contribution in [0.15, 0.2) is 93.7 Å². The van der Waals surface area contributed by atoms with Crippen molar-refractivity contribution in [3.05, 3.63) is 112 Å². The molecule has 1 saturated heterocycles. The highest BCUT2D eigenvalue weighted by molar-refractivity contribution is 7.93. The maximum atomic E-state index is 13.5. The van der Waals surface area contributed by atoms with E-state index in [1.807, 2.05) is 26.0 Å². The van der Waals surface area contributed by atoms with Gasteiger partial charge in [-0.1, -0.05) is 84.0 Å². The first-order valence-corrected chi connectivity index (χ1v) is 14.7. The van der Waals surface area contributed by atoms with Crippen LogP contribution in [0.25, 0.3) is 5.76 Å². The first kappa shape index (κ1) is 26.8. The maximum absolute atomic E-state index is 13.5. The molecule has 10 heteroatoms. The van der Waals surface area contributed by atoms with Crippen LogP contribution >= 0.6 is 22.9 Å². The second kappa shape index (κ2) is 10.4. The van der Waals surface area contributed by atoms with Gasteiger partial charge >= 0.3 is 5.91 Å². The maximum Gasteiger partial charge on any atom is 0.301 e. The van der Waals surface area contributed by atoms with Gasteiger partial charge in [-0.25, -0.2) is 13.4 Å². The van der Waals surface area contributed by atoms with Gasteiger partial charge in [-0.05, 0) is 48.7 Å². The Morgan fingerprint density at radius 2 is 1.79 bits per heavy atom. The minimum Gasteiger partial charge on any atom is -0.507 e. The highest BCUT2D eigenvalue weighted by Crippen LogP contribution is 2.45. The van der Waals surface area contributed by atoms with Crippen LogP contribution in [0.3, 0.4) is 0 Å². The number of aromatic nitrogens is 1. The van der Waals surface area contributed by atoms with E-state index < -0.39 is 27.6 Å². The van der Waals surface area contributed by atoms with Crippen molar-refractivity contribution in [2.24, 2.45) is 0 Å². The molecule has 7 nitrogen and oxygen atoms in total. The van der Waals surface area contributed by atoms with E-state index in [9.17, 15) is 23.1 Å². The lowest BCUT2D eigenvalue weighted by molar-refractivity contribution is -0.132. The molecule has 1 amide bonds. The van der Waals surface area contributed by atoms with Crippen molar-refractivity contribution in [3.8, 4) is 0 Å². The molecule has 0 aliphatic carbocycles. The van der Waals surface area contributed by atoms with Gasteiger partial charge in [-0.2, -0.15) is 0 Å². The first-order chi connectivity index (χ1) is 18.6. The molecule has 5 rings (SSSR count). The van der Waals surface area contributed by atoms with Crippen molar-refractivity contribution >= 4 is 55.4 Å². The first-order valence-electron chi connectivity index (χ1n) is 12.1. The average Bonchev–Trinajstić information content (AvgIpc) is 3.52. The van der Waals surface area contributed by atoms with Crippen molar-refractivity contribution in [1.82, 2.24) is 4.98 Å². The Hall–Kier alpha value is -3.79. The molecule has 1 fully saturated rings. The topological polar surface area (TPSA) is 105 Å². The predicted molar refractivity (Wildman–Crippen MR) is 151 cm³/mol. The Morgan fingerprint density at radius 3 is 2.49 bits per heavy atom. The summed E-state index contributed by atoms with van der Waals surface area (Å²) < 4.78 is 26.3. The van der Waals surface area contributed by atoms with Crippen LogP contribution in [0.5, 0.6) is 0 Å². The van der Waals surface area contributed by atoms with Gasteiger partial charge in [0.1, 0.15) is 9.97 Å². The zero-order chi connectivity index (χ0) is 27.9. The molecule has 3 aromatic carbocycles. The van der Waals surface area contributed by atoms with E-state index in [4.69, 9.17) is 11.6 Å². The van der Waals surface area contributed by atoms with Gasteiger partial charge < -0.3 is 5.11 Å². The molecule has 1 aliphatic heterocycles. The zero-order valence-corrected chi connectivity index (χ0v) is 23.3. The Bertz CT molecular complexity index is 1750. The van der Waals surface area contributed by atoms with E-state index in [2.05, 4.69) is 4.98 Å². The number of nitrogens with zero attached hydrogens (tertiary/aromatic N) is 2. The predicted octanol–water partition coefficient (Wildman–Crippen LogP) is 6.13. The molecule has 2 heterocycles. The lowest BCUT2D eigenvalue weighted by Gasteiger charge is -2.23. The van der Waals surface area contributed by atoms with Gasteiger partial charge in [0, 0.05) is 10.6 Å². The molecule has 0 spiro atoms. The van der Waals surface area contributed by atoms with Crippen LogP contribution in [-0.2, 0) is 25.8 Å². The van der Waals surface area contributed by atoms with Crippen LogP contribution in [0.4, 0.5) is 5.13 Å². The zero-order valence-electron chi connectivity index (χ0n) is 21.0. The van der Waals surface area contributed by atoms with Crippen LogP contribution < -0.4 is 4.90 Å². The molecule has 39 heavy (non-hydrogen) atoms. The molecule has 1 aliphatic rings. The lowest BCUT2D eigenvalue weighted by Crippen LogP contribution is -2.29. The van der Waals surface area contributed by atoms with Crippen molar-refractivity contribution in [2.75, 3.05) is 4.90 Å². The Labute approximate surface area is 234 Å². The molecule has 1 aromatic heterocycles. The van der Waals surface area contributed by atoms with Gasteiger partial charge in [-0.15, -0.1) is 0 Å². The second-order valence-electron chi connectivity index (χ2n) is 9.02. The number of thiazole rings is 1. The van der Waals surface area contributed by atoms with Crippen molar-refractivity contribution in [2.45, 2.75) is 35.4 Å². The molecule has 0 bridgehead atoms. The third-order valence-corrected chi connectivity index (χ3v) is 9.96. The van der Waals surface area contributed by atoms with E-state index in [0.29, 0.717) is 22.6 Å². The molecular weight excluding hydrogens is 556 g/mol. The van der Waals surface area contributed by atoms with Crippen LogP contribution in [-0.4, -0.2) is 30.2 Å². The molecule has 1 atom stereocenters. The summed E-state index contributed by atoms with van der Waals surface area (Å²) in [5.41, 5.74) is 2.60. The largest absolute Gasteiger partial charge is 0.507 e. The summed E-state index contributed by atoms with van der Waals surface area (Å²) in [6.45, 7) is 3.86. The van der Waals surface area contributed by atoms with Crippen molar-refractivity contribution < 1.29 is 23.1 Å². The van der Waals surface area contributed by atoms with Crippen molar-refractivity contribution in [3.63, 3.8) is 0 Å². The number of rotatable bonds is 6. The summed E-state index contributed by atoms with van der Waals surface area (Å²) in [6, 6.07) is 18.9. The number of Topliss-reactive ketones (excluding diaryl/α,β-unsaturated/α-hetero) is 1. The van der Waals surface area contributed by atoms with Gasteiger partial charge in [0.2, 0.25) is 9.84 Å². The number of hydrogen-bond donors (Lipinski definition) is 1. The molecule has 4 aromatic rings. The number of carbonyl (C=O) groups excluding carboxylic acids is 2. The number of aliphatic hydroxyl groups is 1. The van der Waals surface area contributed by atoms with Crippen molar-refractivity contribution in [1.29, 1.82) is 0 Å². The van der Waals surface area contributed by atoms with Crippen LogP contribution in [0, 0.1) is 6.92 Å². The van der Waals surface area contributed by atoms with E-state index >= 15 is 0 Å². The number of hydrogen-bond acceptors (Lipinski definition) is 7. The van der Waals surface area contributed by atoms with Gasteiger partial charge in [0.15, 0.2) is 5.13 Å². The average molecular weight is 579 g/mol. The second-order valence-corrected chi connectivity index (χ2v) is 12.6. The quantitative estimate of drug-likeness (QED) is 0.168. The molecular formula is C29H23ClN2O5S2. The number of anilines is 1. The number of carbonyl (C=O) groups is 2. The minimum atomic E-state index is -3.90. The Balaban J connectivity index is 1.69. The summed E-state index contributed by atoms with van der Waals surface area (Å²) in [4.78, 5) is 32.4. The Morgan fingerprint density at radius 1 is 1.05 bits per heavy atom. The molecule has 198 valence electrons. The number of amides is 1. The highest BCUT2D eigenvalue weighted by Gasteiger charge is 2.48. The fourth-order valence-electron chi connectivity index (χ4n) is 4.62. The molecule has 1 unspecified atom stereocenters. The highest BCUT2D eigenvalue weighted by atomic mass is 35.5. The molecule has 0 radical (unpaired) electrons. The number of aliphatic hydroxyl groups excluding tert-OH is 1. The summed E-state index contributed by atoms with van der Waals surface area (Å²) in [5, 5.41) is 11.9. The summed E-state index contributed by atoms with van der Waals surface area (Å²) in [6.07, 6.45) is 1.76. The number of sulfone groups is 1. The van der Waals surface area contributed by atoms with Crippen LogP contribution in [0.2, 0.25) is 5.02 Å². The van der Waals surface area contributed by atoms with E-state index in [0.717, 1.165) is 27.4 Å². The summed E-state index contributed by atoms with van der Waals surface area (Å²) >= 11 is 7.05. The van der Waals surface area contributed by atoms with E-state index in [1.54, 1.807) is 48.5 Å². The Kier molecular flexibility index (Phi) is 7.15. The molecule has 0 saturated carbocycles. The number of ketones is 1. The fourth-order valence-corrected chi connectivity index (χ4v) is 7.38. The SMILES string of the molecule is CCc1cc(C)ccc1/C(O)=C1\C(=O)C(=O)N(c2ncc(S(=O)(=O)c3ccccc3)s2)C1c1cccc(Cl)c1. The van der Waals surface area contributed by atoms with E-state index in [1.165, 1.54) is 18.3 Å². The monoisotopic (exact) mass is 578 g/mol. The molecule has 1 N–H and O–H groups in total. The summed E-state index contributed by atoms with van der Waals surface area (Å²) in [7, 11) is -3.90. The smallest absolute Gasteiger partial charge is 0.301 e. The minimum absolute atomic E-state index is 0.00949. The lowest BCUT2D eigenvalue weighted by atomic mass is 9.92. The fraction of sp³-hybridized carbons (Fsp3) is 0.138. The van der Waals surface area contributed by atoms with Gasteiger partial charge in [0.25, 0.3) is 5.78 Å².